The maximum atomic E-state index is 12.0. The lowest BCUT2D eigenvalue weighted by atomic mass is 10.1. The Labute approximate surface area is 175 Å². The van der Waals surface area contributed by atoms with Crippen molar-refractivity contribution in [3.8, 4) is 22.8 Å². The number of rotatable bonds is 6. The molecular weight excluding hydrogens is 378 g/mol. The Morgan fingerprint density at radius 2 is 1.60 bits per heavy atom. The Bertz CT molecular complexity index is 1210. The average molecular weight is 401 g/mol. The summed E-state index contributed by atoms with van der Waals surface area (Å²) < 4.78 is 17.9. The number of aromatic nitrogens is 1. The second-order valence-corrected chi connectivity index (χ2v) is 6.96. The van der Waals surface area contributed by atoms with Gasteiger partial charge in [-0.05, 0) is 54.1 Å². The third-order valence-electron chi connectivity index (χ3n) is 5.16. The summed E-state index contributed by atoms with van der Waals surface area (Å²) in [5.74, 6) is 1.27. The molecule has 5 heteroatoms. The van der Waals surface area contributed by atoms with Gasteiger partial charge in [0.05, 0.1) is 26.9 Å². The summed E-state index contributed by atoms with van der Waals surface area (Å²) in [6, 6.07) is 23.7. The lowest BCUT2D eigenvalue weighted by Gasteiger charge is -2.13. The Morgan fingerprint density at radius 1 is 0.833 bits per heavy atom. The summed E-state index contributed by atoms with van der Waals surface area (Å²) >= 11 is 0. The van der Waals surface area contributed by atoms with Crippen molar-refractivity contribution >= 4 is 16.9 Å². The van der Waals surface area contributed by atoms with Gasteiger partial charge in [0.25, 0.3) is 0 Å². The molecule has 0 amide bonds. The Morgan fingerprint density at radius 3 is 2.37 bits per heavy atom. The minimum absolute atomic E-state index is 0.341. The molecule has 5 nitrogen and oxygen atoms in total. The number of hydrogen-bond donors (Lipinski definition) is 0. The minimum atomic E-state index is -0.341. The molecule has 0 aliphatic heterocycles. The van der Waals surface area contributed by atoms with Crippen molar-refractivity contribution in [3.05, 3.63) is 83.9 Å². The molecule has 1 aromatic heterocycles. The zero-order valence-corrected chi connectivity index (χ0v) is 17.2. The second kappa shape index (κ2) is 8.33. The quantitative estimate of drug-likeness (QED) is 0.419. The van der Waals surface area contributed by atoms with E-state index in [4.69, 9.17) is 14.2 Å². The molecule has 30 heavy (non-hydrogen) atoms. The monoisotopic (exact) mass is 401 g/mol. The number of benzene rings is 3. The molecule has 152 valence electrons. The Balaban J connectivity index is 1.85. The third kappa shape index (κ3) is 3.74. The molecule has 1 heterocycles. The number of hydrogen-bond acceptors (Lipinski definition) is 4. The van der Waals surface area contributed by atoms with Crippen LogP contribution in [0.25, 0.3) is 22.2 Å². The predicted molar refractivity (Wildman–Crippen MR) is 117 cm³/mol. The van der Waals surface area contributed by atoms with Gasteiger partial charge in [-0.2, -0.15) is 0 Å². The topological polar surface area (TPSA) is 49.7 Å². The van der Waals surface area contributed by atoms with Crippen molar-refractivity contribution in [3.63, 3.8) is 0 Å². The first-order chi connectivity index (χ1) is 14.6. The van der Waals surface area contributed by atoms with Crippen molar-refractivity contribution in [2.75, 3.05) is 21.3 Å². The van der Waals surface area contributed by atoms with Crippen LogP contribution in [0.2, 0.25) is 0 Å². The molecule has 0 bridgehead atoms. The number of carbonyl (C=O) groups excluding carboxylic acids is 1. The van der Waals surface area contributed by atoms with E-state index in [0.29, 0.717) is 12.1 Å². The third-order valence-corrected chi connectivity index (χ3v) is 5.16. The van der Waals surface area contributed by atoms with Gasteiger partial charge in [0.1, 0.15) is 11.5 Å². The molecule has 0 fully saturated rings. The molecule has 3 aromatic carbocycles. The van der Waals surface area contributed by atoms with Crippen molar-refractivity contribution in [2.24, 2.45) is 0 Å². The van der Waals surface area contributed by atoms with Crippen LogP contribution in [0.5, 0.6) is 11.5 Å². The van der Waals surface area contributed by atoms with Crippen LogP contribution in [0.1, 0.15) is 15.9 Å². The van der Waals surface area contributed by atoms with E-state index in [-0.39, 0.29) is 5.97 Å². The number of esters is 1. The fourth-order valence-corrected chi connectivity index (χ4v) is 3.66. The van der Waals surface area contributed by atoms with Crippen LogP contribution in [-0.2, 0) is 11.3 Å². The van der Waals surface area contributed by atoms with E-state index < -0.39 is 0 Å². The van der Waals surface area contributed by atoms with Crippen molar-refractivity contribution < 1.29 is 19.0 Å². The highest BCUT2D eigenvalue weighted by atomic mass is 16.5. The molecule has 0 saturated carbocycles. The zero-order valence-electron chi connectivity index (χ0n) is 17.2. The van der Waals surface area contributed by atoms with E-state index in [0.717, 1.165) is 39.2 Å². The number of fused-ring (bicyclic) bond motifs is 1. The van der Waals surface area contributed by atoms with Gasteiger partial charge in [-0.25, -0.2) is 4.79 Å². The average Bonchev–Trinajstić information content (AvgIpc) is 3.16. The van der Waals surface area contributed by atoms with Gasteiger partial charge in [-0.1, -0.05) is 24.3 Å². The molecule has 0 spiro atoms. The summed E-state index contributed by atoms with van der Waals surface area (Å²) in [6.45, 7) is 0.604. The zero-order chi connectivity index (χ0) is 21.1. The van der Waals surface area contributed by atoms with Gasteiger partial charge in [0.2, 0.25) is 0 Å². The molecule has 0 N–H and O–H groups in total. The van der Waals surface area contributed by atoms with Crippen LogP contribution < -0.4 is 9.47 Å². The standard InChI is InChI=1S/C25H23NO4/c1-28-21-9-5-7-18(13-21)24-15-20-14-22(29-2)10-11-23(20)26(24)16-17-6-4-8-19(12-17)25(27)30-3/h4-15H,16H2,1-3H3. The van der Waals surface area contributed by atoms with Crippen LogP contribution in [0, 0.1) is 0 Å². The highest BCUT2D eigenvalue weighted by Crippen LogP contribution is 2.33. The van der Waals surface area contributed by atoms with Crippen LogP contribution in [0.3, 0.4) is 0 Å². The Kier molecular flexibility index (Phi) is 5.44. The number of ether oxygens (including phenoxy) is 3. The minimum Gasteiger partial charge on any atom is -0.497 e. The van der Waals surface area contributed by atoms with Gasteiger partial charge in [0, 0.05) is 28.7 Å². The summed E-state index contributed by atoms with van der Waals surface area (Å²) in [6.07, 6.45) is 0. The largest absolute Gasteiger partial charge is 0.497 e. The van der Waals surface area contributed by atoms with Gasteiger partial charge < -0.3 is 18.8 Å². The summed E-state index contributed by atoms with van der Waals surface area (Å²) in [7, 11) is 4.72. The molecule has 4 rings (SSSR count). The maximum Gasteiger partial charge on any atom is 0.337 e. The molecule has 0 saturated heterocycles. The number of methoxy groups -OCH3 is 3. The SMILES string of the molecule is COC(=O)c1cccc(Cn2c(-c3cccc(OC)c3)cc3cc(OC)ccc32)c1. The Hall–Kier alpha value is -3.73. The predicted octanol–water partition coefficient (Wildman–Crippen LogP) is 5.16. The number of carbonyl (C=O) groups is 1. The highest BCUT2D eigenvalue weighted by Gasteiger charge is 2.14. The summed E-state index contributed by atoms with van der Waals surface area (Å²) in [4.78, 5) is 12.0. The van der Waals surface area contributed by atoms with E-state index >= 15 is 0 Å². The molecule has 4 aromatic rings. The maximum absolute atomic E-state index is 12.0. The van der Waals surface area contributed by atoms with Gasteiger partial charge in [0.15, 0.2) is 0 Å². The van der Waals surface area contributed by atoms with Gasteiger partial charge in [-0.3, -0.25) is 0 Å². The first-order valence-corrected chi connectivity index (χ1v) is 9.62. The molecule has 0 unspecified atom stereocenters. The molecule has 0 aliphatic carbocycles. The summed E-state index contributed by atoms with van der Waals surface area (Å²) in [5.41, 5.74) is 4.73. The van der Waals surface area contributed by atoms with Crippen molar-refractivity contribution in [1.82, 2.24) is 4.57 Å². The first kappa shape index (κ1) is 19.6. The molecule has 0 radical (unpaired) electrons. The van der Waals surface area contributed by atoms with Crippen LogP contribution >= 0.6 is 0 Å². The fraction of sp³-hybridized carbons (Fsp3) is 0.160. The lowest BCUT2D eigenvalue weighted by Crippen LogP contribution is -2.05. The highest BCUT2D eigenvalue weighted by molar-refractivity contribution is 5.90. The van der Waals surface area contributed by atoms with Crippen LogP contribution in [-0.4, -0.2) is 31.9 Å². The second-order valence-electron chi connectivity index (χ2n) is 6.96. The normalized spacial score (nSPS) is 10.8. The smallest absolute Gasteiger partial charge is 0.337 e. The van der Waals surface area contributed by atoms with Crippen LogP contribution in [0.15, 0.2) is 72.8 Å². The van der Waals surface area contributed by atoms with Gasteiger partial charge >= 0.3 is 5.97 Å². The van der Waals surface area contributed by atoms with Crippen molar-refractivity contribution in [2.45, 2.75) is 6.54 Å². The van der Waals surface area contributed by atoms with E-state index in [9.17, 15) is 4.79 Å². The van der Waals surface area contributed by atoms with Gasteiger partial charge in [-0.15, -0.1) is 0 Å². The van der Waals surface area contributed by atoms with E-state index in [1.54, 1.807) is 20.3 Å². The van der Waals surface area contributed by atoms with Crippen molar-refractivity contribution in [1.29, 1.82) is 0 Å². The lowest BCUT2D eigenvalue weighted by molar-refractivity contribution is 0.0600. The van der Waals surface area contributed by atoms with E-state index in [1.165, 1.54) is 7.11 Å². The number of nitrogens with zero attached hydrogens (tertiary/aromatic N) is 1. The molecular formula is C25H23NO4. The molecule has 0 aliphatic rings. The summed E-state index contributed by atoms with van der Waals surface area (Å²) in [5, 5.41) is 1.08. The first-order valence-electron chi connectivity index (χ1n) is 9.62. The van der Waals surface area contributed by atoms with E-state index in [1.807, 2.05) is 48.5 Å². The van der Waals surface area contributed by atoms with E-state index in [2.05, 4.69) is 22.8 Å². The van der Waals surface area contributed by atoms with Crippen LogP contribution in [0.4, 0.5) is 0 Å². The fourth-order valence-electron chi connectivity index (χ4n) is 3.66. The molecule has 0 atom stereocenters.